The topological polar surface area (TPSA) is 87.1 Å². The summed E-state index contributed by atoms with van der Waals surface area (Å²) in [6.45, 7) is 1.62. The van der Waals surface area contributed by atoms with E-state index >= 15 is 0 Å². The number of aryl methyl sites for hydroxylation is 2. The van der Waals surface area contributed by atoms with Crippen LogP contribution in [0.2, 0.25) is 5.02 Å². The van der Waals surface area contributed by atoms with Gasteiger partial charge in [-0.25, -0.2) is 4.79 Å². The van der Waals surface area contributed by atoms with E-state index in [1.165, 1.54) is 12.3 Å². The van der Waals surface area contributed by atoms with Crippen LogP contribution in [0.5, 0.6) is 0 Å². The zero-order chi connectivity index (χ0) is 14.2. The Labute approximate surface area is 114 Å². The Morgan fingerprint density at radius 2 is 2.16 bits per heavy atom. The van der Waals surface area contributed by atoms with E-state index < -0.39 is 11.9 Å². The van der Waals surface area contributed by atoms with Crippen molar-refractivity contribution in [2.24, 2.45) is 7.05 Å². The van der Waals surface area contributed by atoms with Gasteiger partial charge in [0.05, 0.1) is 10.7 Å². The summed E-state index contributed by atoms with van der Waals surface area (Å²) in [5.74, 6) is -1.52. The summed E-state index contributed by atoms with van der Waals surface area (Å²) < 4.78 is 1.57. The minimum Gasteiger partial charge on any atom is -0.478 e. The van der Waals surface area contributed by atoms with Crippen LogP contribution in [-0.4, -0.2) is 26.5 Å². The summed E-state index contributed by atoms with van der Waals surface area (Å²) in [6, 6.07) is 1.51. The number of anilines is 1. The highest BCUT2D eigenvalue weighted by molar-refractivity contribution is 6.31. The van der Waals surface area contributed by atoms with E-state index in [1.54, 1.807) is 24.7 Å². The molecular weight excluding hydrogens is 270 g/mol. The highest BCUT2D eigenvalue weighted by Crippen LogP contribution is 2.21. The van der Waals surface area contributed by atoms with E-state index in [9.17, 15) is 9.59 Å². The molecule has 0 aliphatic rings. The van der Waals surface area contributed by atoms with Crippen LogP contribution in [0.15, 0.2) is 18.5 Å². The van der Waals surface area contributed by atoms with E-state index in [0.29, 0.717) is 16.4 Å². The SMILES string of the molecule is Cc1[nH]cc(NC(=O)c2cc(Cl)cn2C)c1C(=O)O. The lowest BCUT2D eigenvalue weighted by Gasteiger charge is -2.05. The molecule has 2 aromatic rings. The van der Waals surface area contributed by atoms with E-state index in [2.05, 4.69) is 10.3 Å². The minimum atomic E-state index is -1.10. The summed E-state index contributed by atoms with van der Waals surface area (Å²) in [7, 11) is 1.68. The third-order valence-corrected chi connectivity index (χ3v) is 2.95. The number of carbonyl (C=O) groups is 2. The smallest absolute Gasteiger partial charge is 0.339 e. The molecule has 2 aromatic heterocycles. The Hall–Kier alpha value is -2.21. The number of hydrogen-bond acceptors (Lipinski definition) is 2. The third-order valence-electron chi connectivity index (χ3n) is 2.74. The van der Waals surface area contributed by atoms with Crippen molar-refractivity contribution in [3.63, 3.8) is 0 Å². The maximum absolute atomic E-state index is 12.0. The Morgan fingerprint density at radius 1 is 1.47 bits per heavy atom. The van der Waals surface area contributed by atoms with E-state index in [4.69, 9.17) is 16.7 Å². The van der Waals surface area contributed by atoms with Crippen molar-refractivity contribution in [2.75, 3.05) is 5.32 Å². The number of carboxylic acid groups (broad SMARTS) is 1. The van der Waals surface area contributed by atoms with Gasteiger partial charge in [-0.2, -0.15) is 0 Å². The number of nitrogens with zero attached hydrogens (tertiary/aromatic N) is 1. The molecule has 19 heavy (non-hydrogen) atoms. The van der Waals surface area contributed by atoms with E-state index in [0.717, 1.165) is 0 Å². The van der Waals surface area contributed by atoms with Crippen LogP contribution in [0.4, 0.5) is 5.69 Å². The fourth-order valence-corrected chi connectivity index (χ4v) is 2.09. The van der Waals surface area contributed by atoms with Gasteiger partial charge in [0.1, 0.15) is 11.3 Å². The molecule has 0 unspecified atom stereocenters. The molecule has 0 bridgehead atoms. The lowest BCUT2D eigenvalue weighted by molar-refractivity contribution is 0.0697. The van der Waals surface area contributed by atoms with Gasteiger partial charge in [0, 0.05) is 25.1 Å². The molecule has 3 N–H and O–H groups in total. The number of amides is 1. The summed E-state index contributed by atoms with van der Waals surface area (Å²) in [5, 5.41) is 12.1. The molecule has 2 heterocycles. The minimum absolute atomic E-state index is 0.0497. The number of H-pyrrole nitrogens is 1. The predicted molar refractivity (Wildman–Crippen MR) is 70.9 cm³/mol. The fraction of sp³-hybridized carbons (Fsp3) is 0.167. The maximum Gasteiger partial charge on any atom is 0.339 e. The van der Waals surface area contributed by atoms with Crippen molar-refractivity contribution >= 4 is 29.2 Å². The van der Waals surface area contributed by atoms with Crippen molar-refractivity contribution in [1.82, 2.24) is 9.55 Å². The first-order valence-electron chi connectivity index (χ1n) is 5.44. The molecule has 0 atom stereocenters. The number of nitrogens with one attached hydrogen (secondary N) is 2. The van der Waals surface area contributed by atoms with Crippen molar-refractivity contribution in [3.05, 3.63) is 40.4 Å². The molecule has 0 aliphatic heterocycles. The Morgan fingerprint density at radius 3 is 2.68 bits per heavy atom. The quantitative estimate of drug-likeness (QED) is 0.806. The van der Waals surface area contributed by atoms with Crippen LogP contribution in [0.25, 0.3) is 0 Å². The monoisotopic (exact) mass is 281 g/mol. The highest BCUT2D eigenvalue weighted by atomic mass is 35.5. The highest BCUT2D eigenvalue weighted by Gasteiger charge is 2.19. The van der Waals surface area contributed by atoms with Crippen LogP contribution in [-0.2, 0) is 7.05 Å². The van der Waals surface area contributed by atoms with Gasteiger partial charge < -0.3 is 20.0 Å². The van der Waals surface area contributed by atoms with Gasteiger partial charge in [-0.15, -0.1) is 0 Å². The Bertz CT molecular complexity index is 657. The molecule has 0 saturated heterocycles. The zero-order valence-corrected chi connectivity index (χ0v) is 11.1. The van der Waals surface area contributed by atoms with Crippen LogP contribution in [0.3, 0.4) is 0 Å². The standard InChI is InChI=1S/C12H12ClN3O3/c1-6-10(12(18)19)8(4-14-6)15-11(17)9-3-7(13)5-16(9)2/h3-5,14H,1-2H3,(H,15,17)(H,18,19). The molecule has 0 saturated carbocycles. The second-order valence-corrected chi connectivity index (χ2v) is 4.55. The second kappa shape index (κ2) is 4.81. The first kappa shape index (κ1) is 13.2. The average molecular weight is 282 g/mol. The van der Waals surface area contributed by atoms with Crippen molar-refractivity contribution < 1.29 is 14.7 Å². The summed E-state index contributed by atoms with van der Waals surface area (Å²) in [4.78, 5) is 25.9. The number of hydrogen-bond donors (Lipinski definition) is 3. The van der Waals surface area contributed by atoms with Gasteiger partial charge in [0.2, 0.25) is 0 Å². The first-order valence-corrected chi connectivity index (χ1v) is 5.82. The van der Waals surface area contributed by atoms with Gasteiger partial charge in [-0.3, -0.25) is 4.79 Å². The van der Waals surface area contributed by atoms with E-state index in [1.807, 2.05) is 0 Å². The zero-order valence-electron chi connectivity index (χ0n) is 10.3. The number of rotatable bonds is 3. The van der Waals surface area contributed by atoms with Gasteiger partial charge in [0.15, 0.2) is 0 Å². The molecule has 0 radical (unpaired) electrons. The van der Waals surface area contributed by atoms with Crippen molar-refractivity contribution in [1.29, 1.82) is 0 Å². The average Bonchev–Trinajstić information content (AvgIpc) is 2.82. The molecule has 6 nitrogen and oxygen atoms in total. The normalized spacial score (nSPS) is 10.5. The van der Waals surface area contributed by atoms with Crippen LogP contribution >= 0.6 is 11.6 Å². The predicted octanol–water partition coefficient (Wildman–Crippen LogP) is 2.27. The second-order valence-electron chi connectivity index (χ2n) is 4.12. The first-order chi connectivity index (χ1) is 8.90. The van der Waals surface area contributed by atoms with Crippen LogP contribution in [0, 0.1) is 6.92 Å². The lowest BCUT2D eigenvalue weighted by Crippen LogP contribution is -2.16. The van der Waals surface area contributed by atoms with Gasteiger partial charge in [0.25, 0.3) is 5.91 Å². The molecule has 0 fully saturated rings. The van der Waals surface area contributed by atoms with Crippen molar-refractivity contribution in [2.45, 2.75) is 6.92 Å². The lowest BCUT2D eigenvalue weighted by atomic mass is 10.2. The Kier molecular flexibility index (Phi) is 3.35. The van der Waals surface area contributed by atoms with Crippen molar-refractivity contribution in [3.8, 4) is 0 Å². The molecule has 0 spiro atoms. The fourth-order valence-electron chi connectivity index (χ4n) is 1.84. The number of aromatic carboxylic acids is 1. The number of carbonyl (C=O) groups excluding carboxylic acids is 1. The number of halogens is 1. The molecule has 2 rings (SSSR count). The number of carboxylic acids is 1. The number of aromatic nitrogens is 2. The van der Waals surface area contributed by atoms with E-state index in [-0.39, 0.29) is 11.3 Å². The summed E-state index contributed by atoms with van der Waals surface area (Å²) in [5.41, 5.74) is 1.11. The molecule has 1 amide bonds. The summed E-state index contributed by atoms with van der Waals surface area (Å²) in [6.07, 6.45) is 3.04. The van der Waals surface area contributed by atoms with Gasteiger partial charge in [-0.1, -0.05) is 11.6 Å². The molecule has 7 heteroatoms. The van der Waals surface area contributed by atoms with Crippen LogP contribution < -0.4 is 5.32 Å². The molecule has 100 valence electrons. The Balaban J connectivity index is 2.29. The van der Waals surface area contributed by atoms with Crippen LogP contribution in [0.1, 0.15) is 26.5 Å². The molecular formula is C12H12ClN3O3. The third kappa shape index (κ3) is 2.48. The largest absolute Gasteiger partial charge is 0.478 e. The summed E-state index contributed by atoms with van der Waals surface area (Å²) >= 11 is 5.80. The molecule has 0 aliphatic carbocycles. The number of aromatic amines is 1. The molecule has 0 aromatic carbocycles. The van der Waals surface area contributed by atoms with Gasteiger partial charge >= 0.3 is 5.97 Å². The maximum atomic E-state index is 12.0. The van der Waals surface area contributed by atoms with Gasteiger partial charge in [-0.05, 0) is 13.0 Å².